The SMILES string of the molecule is Cn1c(NC2CC(n3c(=O)n(C4CC4)c4nccnc43)C2)nc2ccccc21. The van der Waals surface area contributed by atoms with Crippen molar-refractivity contribution in [3.05, 3.63) is 47.1 Å². The average molecular weight is 375 g/mol. The minimum absolute atomic E-state index is 0.0369. The first-order chi connectivity index (χ1) is 13.7. The zero-order valence-corrected chi connectivity index (χ0v) is 15.6. The number of fused-ring (bicyclic) bond motifs is 2. The van der Waals surface area contributed by atoms with Gasteiger partial charge in [0.15, 0.2) is 11.3 Å². The van der Waals surface area contributed by atoms with Crippen LogP contribution in [0.25, 0.3) is 22.3 Å². The molecule has 0 unspecified atom stereocenters. The standard InChI is InChI=1S/C20H21N7O/c1-25-16-5-3-2-4-15(16)24-19(25)23-12-10-14(11-12)27-18-17(21-8-9-22-18)26(20(27)28)13-6-7-13/h2-5,8-9,12-14H,6-7,10-11H2,1H3,(H,23,24). The summed E-state index contributed by atoms with van der Waals surface area (Å²) in [5, 5.41) is 3.54. The maximum Gasteiger partial charge on any atom is 0.332 e. The van der Waals surface area contributed by atoms with Gasteiger partial charge < -0.3 is 9.88 Å². The van der Waals surface area contributed by atoms with Crippen LogP contribution in [0.15, 0.2) is 41.5 Å². The fourth-order valence-electron chi connectivity index (χ4n) is 4.33. The number of aryl methyl sites for hydroxylation is 1. The topological polar surface area (TPSA) is 82.6 Å². The molecule has 0 bridgehead atoms. The van der Waals surface area contributed by atoms with E-state index in [1.165, 1.54) is 0 Å². The highest BCUT2D eigenvalue weighted by atomic mass is 16.2. The number of rotatable bonds is 4. The molecule has 0 amide bonds. The summed E-state index contributed by atoms with van der Waals surface area (Å²) in [6.45, 7) is 0. The van der Waals surface area contributed by atoms with E-state index in [4.69, 9.17) is 4.98 Å². The molecule has 2 aliphatic carbocycles. The zero-order chi connectivity index (χ0) is 18.8. The number of nitrogens with one attached hydrogen (secondary N) is 1. The number of nitrogens with zero attached hydrogens (tertiary/aromatic N) is 6. The van der Waals surface area contributed by atoms with Crippen molar-refractivity contribution in [2.24, 2.45) is 7.05 Å². The number of aromatic nitrogens is 6. The second kappa shape index (κ2) is 5.67. The Morgan fingerprint density at radius 3 is 2.36 bits per heavy atom. The van der Waals surface area contributed by atoms with Gasteiger partial charge in [-0.3, -0.25) is 9.13 Å². The summed E-state index contributed by atoms with van der Waals surface area (Å²) in [6, 6.07) is 8.86. The lowest BCUT2D eigenvalue weighted by Gasteiger charge is -2.36. The molecule has 2 fully saturated rings. The van der Waals surface area contributed by atoms with Crippen molar-refractivity contribution in [2.75, 3.05) is 5.32 Å². The Bertz CT molecular complexity index is 1260. The molecular formula is C20H21N7O. The van der Waals surface area contributed by atoms with Crippen LogP contribution in [0.3, 0.4) is 0 Å². The maximum atomic E-state index is 13.0. The zero-order valence-electron chi connectivity index (χ0n) is 15.6. The summed E-state index contributed by atoms with van der Waals surface area (Å²) in [5.41, 5.74) is 3.57. The Morgan fingerprint density at radius 1 is 1.00 bits per heavy atom. The van der Waals surface area contributed by atoms with Gasteiger partial charge in [0.2, 0.25) is 5.95 Å². The van der Waals surface area contributed by atoms with E-state index in [9.17, 15) is 4.79 Å². The molecule has 0 radical (unpaired) electrons. The van der Waals surface area contributed by atoms with Crippen molar-refractivity contribution >= 4 is 28.3 Å². The van der Waals surface area contributed by atoms with Crippen LogP contribution >= 0.6 is 0 Å². The first-order valence-corrected chi connectivity index (χ1v) is 9.82. The van der Waals surface area contributed by atoms with Crippen LogP contribution < -0.4 is 11.0 Å². The Labute approximate surface area is 160 Å². The predicted octanol–water partition coefficient (Wildman–Crippen LogP) is 2.63. The van der Waals surface area contributed by atoms with Crippen molar-refractivity contribution < 1.29 is 0 Å². The Kier molecular flexibility index (Phi) is 3.21. The van der Waals surface area contributed by atoms with Gasteiger partial charge in [0, 0.05) is 37.6 Å². The molecule has 1 aromatic carbocycles. The monoisotopic (exact) mass is 375 g/mol. The van der Waals surface area contributed by atoms with Crippen LogP contribution in [0.1, 0.15) is 37.8 Å². The molecule has 142 valence electrons. The van der Waals surface area contributed by atoms with Gasteiger partial charge in [-0.2, -0.15) is 0 Å². The van der Waals surface area contributed by atoms with Crippen LogP contribution in [-0.2, 0) is 7.05 Å². The van der Waals surface area contributed by atoms with E-state index >= 15 is 0 Å². The molecular weight excluding hydrogens is 354 g/mol. The molecule has 8 heteroatoms. The first kappa shape index (κ1) is 15.9. The van der Waals surface area contributed by atoms with Crippen molar-refractivity contribution in [3.63, 3.8) is 0 Å². The van der Waals surface area contributed by atoms with Crippen molar-refractivity contribution in [1.29, 1.82) is 0 Å². The summed E-state index contributed by atoms with van der Waals surface area (Å²) in [6.07, 6.45) is 7.20. The summed E-state index contributed by atoms with van der Waals surface area (Å²) < 4.78 is 5.78. The summed E-state index contributed by atoms with van der Waals surface area (Å²) in [7, 11) is 2.02. The minimum atomic E-state index is 0.0369. The van der Waals surface area contributed by atoms with E-state index in [-0.39, 0.29) is 11.7 Å². The Morgan fingerprint density at radius 2 is 1.68 bits per heavy atom. The second-order valence-electron chi connectivity index (χ2n) is 7.91. The van der Waals surface area contributed by atoms with Crippen LogP contribution in [0, 0.1) is 0 Å². The van der Waals surface area contributed by atoms with Gasteiger partial charge in [0.05, 0.1) is 11.0 Å². The number of hydrogen-bond acceptors (Lipinski definition) is 5. The highest BCUT2D eigenvalue weighted by molar-refractivity contribution is 5.78. The van der Waals surface area contributed by atoms with Gasteiger partial charge in [-0.1, -0.05) is 12.1 Å². The van der Waals surface area contributed by atoms with Crippen molar-refractivity contribution in [3.8, 4) is 0 Å². The molecule has 0 atom stereocenters. The molecule has 8 nitrogen and oxygen atoms in total. The summed E-state index contributed by atoms with van der Waals surface area (Å²) >= 11 is 0. The maximum absolute atomic E-state index is 13.0. The lowest BCUT2D eigenvalue weighted by Crippen LogP contribution is -2.41. The highest BCUT2D eigenvalue weighted by Gasteiger charge is 2.37. The molecule has 4 aromatic rings. The molecule has 3 aromatic heterocycles. The van der Waals surface area contributed by atoms with Crippen LogP contribution in [0.4, 0.5) is 5.95 Å². The van der Waals surface area contributed by atoms with Gasteiger partial charge in [0.25, 0.3) is 0 Å². The number of hydrogen-bond donors (Lipinski definition) is 1. The smallest absolute Gasteiger partial charge is 0.332 e. The number of para-hydroxylation sites is 2. The third-order valence-electron chi connectivity index (χ3n) is 6.04. The fraction of sp³-hybridized carbons (Fsp3) is 0.400. The minimum Gasteiger partial charge on any atom is -0.353 e. The first-order valence-electron chi connectivity index (χ1n) is 9.82. The van der Waals surface area contributed by atoms with Crippen molar-refractivity contribution in [2.45, 2.75) is 43.8 Å². The van der Waals surface area contributed by atoms with E-state index in [0.717, 1.165) is 48.3 Å². The van der Waals surface area contributed by atoms with Gasteiger partial charge >= 0.3 is 5.69 Å². The quantitative estimate of drug-likeness (QED) is 0.593. The van der Waals surface area contributed by atoms with Crippen LogP contribution in [0.5, 0.6) is 0 Å². The van der Waals surface area contributed by atoms with Gasteiger partial charge in [-0.15, -0.1) is 0 Å². The molecule has 1 N–H and O–H groups in total. The van der Waals surface area contributed by atoms with Gasteiger partial charge in [-0.05, 0) is 37.8 Å². The van der Waals surface area contributed by atoms with Gasteiger partial charge in [-0.25, -0.2) is 19.7 Å². The van der Waals surface area contributed by atoms with E-state index < -0.39 is 0 Å². The molecule has 0 aliphatic heterocycles. The molecule has 2 aliphatic rings. The number of anilines is 1. The molecule has 28 heavy (non-hydrogen) atoms. The Balaban J connectivity index is 1.27. The molecule has 0 saturated heterocycles. The largest absolute Gasteiger partial charge is 0.353 e. The van der Waals surface area contributed by atoms with Crippen LogP contribution in [-0.4, -0.2) is 34.7 Å². The predicted molar refractivity (Wildman–Crippen MR) is 106 cm³/mol. The molecule has 0 spiro atoms. The average Bonchev–Trinajstić information content (AvgIpc) is 3.40. The van der Waals surface area contributed by atoms with E-state index in [0.29, 0.717) is 17.7 Å². The molecule has 2 saturated carbocycles. The molecule has 6 rings (SSSR count). The third-order valence-corrected chi connectivity index (χ3v) is 6.04. The lowest BCUT2D eigenvalue weighted by molar-refractivity contribution is 0.278. The highest BCUT2D eigenvalue weighted by Crippen LogP contribution is 2.39. The summed E-state index contributed by atoms with van der Waals surface area (Å²) in [4.78, 5) is 26.6. The van der Waals surface area contributed by atoms with E-state index in [1.54, 1.807) is 12.4 Å². The fourth-order valence-corrected chi connectivity index (χ4v) is 4.33. The number of benzene rings is 1. The normalized spacial score (nSPS) is 21.9. The second-order valence-corrected chi connectivity index (χ2v) is 7.91. The third kappa shape index (κ3) is 2.23. The summed E-state index contributed by atoms with van der Waals surface area (Å²) in [5.74, 6) is 0.872. The molecule has 3 heterocycles. The van der Waals surface area contributed by atoms with E-state index in [2.05, 4.69) is 25.9 Å². The lowest BCUT2D eigenvalue weighted by atomic mass is 9.86. The van der Waals surface area contributed by atoms with Crippen LogP contribution in [0.2, 0.25) is 0 Å². The van der Waals surface area contributed by atoms with Crippen molar-refractivity contribution in [1.82, 2.24) is 28.7 Å². The van der Waals surface area contributed by atoms with Gasteiger partial charge in [0.1, 0.15) is 0 Å². The number of imidazole rings is 2. The van der Waals surface area contributed by atoms with E-state index in [1.807, 2.05) is 34.4 Å². The Hall–Kier alpha value is -3.16.